The largest absolute Gasteiger partial charge is 0.171 e. The molecule has 1 heterocycles. The van der Waals surface area contributed by atoms with Gasteiger partial charge in [-0.3, -0.25) is 0 Å². The second-order valence-corrected chi connectivity index (χ2v) is 10.1. The molecule has 0 amide bonds. The molecular formula is C12H18S6. The maximum absolute atomic E-state index is 4.72. The summed E-state index contributed by atoms with van der Waals surface area (Å²) in [5.41, 5.74) is 0. The number of rotatable bonds is 6. The van der Waals surface area contributed by atoms with Crippen molar-refractivity contribution in [3.05, 3.63) is 38.0 Å². The Morgan fingerprint density at radius 3 is 2.06 bits per heavy atom. The van der Waals surface area contributed by atoms with Crippen molar-refractivity contribution >= 4 is 69.3 Å². The molecule has 1 aliphatic heterocycles. The third-order valence-electron chi connectivity index (χ3n) is 3.08. The van der Waals surface area contributed by atoms with E-state index in [1.54, 1.807) is 9.83 Å². The Bertz CT molecular complexity index is 302. The molecule has 0 aromatic heterocycles. The van der Waals surface area contributed by atoms with Crippen molar-refractivity contribution in [2.45, 2.75) is 20.5 Å². The molecule has 1 aliphatic rings. The summed E-state index contributed by atoms with van der Waals surface area (Å²) < 4.78 is -0.160. The Balaban J connectivity index is 3.21. The lowest BCUT2D eigenvalue weighted by molar-refractivity contribution is 0.447. The number of hydrogen-bond acceptors (Lipinski definition) is 6. The number of hydrogen-bond donors (Lipinski definition) is 3. The molecule has 4 unspecified atom stereocenters. The Kier molecular flexibility index (Phi) is 7.66. The zero-order chi connectivity index (χ0) is 13.8. The summed E-state index contributed by atoms with van der Waals surface area (Å²) >= 11 is 14.1. The molecule has 0 aliphatic carbocycles. The fourth-order valence-electron chi connectivity index (χ4n) is 1.99. The highest BCUT2D eigenvalue weighted by atomic mass is 33.5. The zero-order valence-corrected chi connectivity index (χ0v) is 15.1. The lowest BCUT2D eigenvalue weighted by Gasteiger charge is -2.49. The average molecular weight is 355 g/mol. The van der Waals surface area contributed by atoms with Crippen LogP contribution in [0, 0.1) is 5.92 Å². The molecular weight excluding hydrogens is 337 g/mol. The quantitative estimate of drug-likeness (QED) is 0.355. The van der Waals surface area contributed by atoms with Crippen LogP contribution in [0.25, 0.3) is 0 Å². The highest BCUT2D eigenvalue weighted by Gasteiger charge is 2.51. The van der Waals surface area contributed by atoms with Gasteiger partial charge in [0.15, 0.2) is 0 Å². The van der Waals surface area contributed by atoms with Gasteiger partial charge in [-0.1, -0.05) is 39.8 Å². The average Bonchev–Trinajstić information content (AvgIpc) is 2.44. The zero-order valence-electron chi connectivity index (χ0n) is 9.94. The molecule has 0 N–H and O–H groups in total. The first-order valence-corrected chi connectivity index (χ1v) is 10.6. The van der Waals surface area contributed by atoms with Crippen LogP contribution in [0.2, 0.25) is 0 Å². The van der Waals surface area contributed by atoms with Gasteiger partial charge in [-0.2, -0.15) is 37.9 Å². The first-order chi connectivity index (χ1) is 8.54. The van der Waals surface area contributed by atoms with E-state index in [0.29, 0.717) is 5.92 Å². The van der Waals surface area contributed by atoms with Crippen molar-refractivity contribution in [3.8, 4) is 0 Å². The van der Waals surface area contributed by atoms with Crippen LogP contribution < -0.4 is 0 Å². The molecule has 1 saturated heterocycles. The van der Waals surface area contributed by atoms with Crippen LogP contribution in [0.15, 0.2) is 38.0 Å². The molecule has 0 radical (unpaired) electrons. The van der Waals surface area contributed by atoms with Crippen molar-refractivity contribution < 1.29 is 0 Å². The minimum Gasteiger partial charge on any atom is -0.171 e. The predicted octanol–water partition coefficient (Wildman–Crippen LogP) is 4.84. The molecule has 18 heavy (non-hydrogen) atoms. The second-order valence-electron chi connectivity index (χ2n) is 3.98. The Hall–Kier alpha value is 1.32. The van der Waals surface area contributed by atoms with Crippen molar-refractivity contribution in [2.75, 3.05) is 5.75 Å². The topological polar surface area (TPSA) is 0 Å². The summed E-state index contributed by atoms with van der Waals surface area (Å²) in [6.45, 7) is 11.7. The van der Waals surface area contributed by atoms with Gasteiger partial charge in [0.2, 0.25) is 0 Å². The molecule has 0 spiro atoms. The Morgan fingerprint density at radius 2 is 1.61 bits per heavy atom. The Labute approximate surface area is 138 Å². The molecule has 1 fully saturated rings. The van der Waals surface area contributed by atoms with Crippen molar-refractivity contribution in [1.82, 2.24) is 0 Å². The normalized spacial score (nSPS) is 33.2. The molecule has 0 saturated carbocycles. The molecule has 6 heteroatoms. The maximum Gasteiger partial charge on any atom is 0.0622 e. The van der Waals surface area contributed by atoms with Gasteiger partial charge >= 0.3 is 0 Å². The van der Waals surface area contributed by atoms with E-state index in [2.05, 4.69) is 32.4 Å². The summed E-state index contributed by atoms with van der Waals surface area (Å²) in [7, 11) is 5.46. The van der Waals surface area contributed by atoms with Crippen molar-refractivity contribution in [1.29, 1.82) is 0 Å². The van der Waals surface area contributed by atoms with E-state index in [1.165, 1.54) is 0 Å². The Morgan fingerprint density at radius 1 is 1.06 bits per heavy atom. The van der Waals surface area contributed by atoms with E-state index in [4.69, 9.17) is 25.3 Å². The number of thiol groups is 3. The van der Waals surface area contributed by atoms with E-state index < -0.39 is 0 Å². The summed E-state index contributed by atoms with van der Waals surface area (Å²) in [6, 6.07) is 0. The van der Waals surface area contributed by atoms with Gasteiger partial charge in [-0.25, -0.2) is 0 Å². The van der Waals surface area contributed by atoms with Gasteiger partial charge in [-0.15, -0.1) is 19.7 Å². The van der Waals surface area contributed by atoms with E-state index in [0.717, 1.165) is 5.75 Å². The standard InChI is InChI=1S/C12H18S6/c1-4-9(13)8-7-16-18-17-12(8,10(14)5-2)11(15)6-3/h4-6,8-11,13-15H,1-3,7H2. The second kappa shape index (κ2) is 7.93. The van der Waals surface area contributed by atoms with Gasteiger partial charge < -0.3 is 0 Å². The third-order valence-corrected chi connectivity index (χ3v) is 10.3. The molecule has 4 atom stereocenters. The van der Waals surface area contributed by atoms with Gasteiger partial charge in [0, 0.05) is 27.4 Å². The first kappa shape index (κ1) is 17.4. The van der Waals surface area contributed by atoms with E-state index in [9.17, 15) is 0 Å². The minimum atomic E-state index is -0.160. The van der Waals surface area contributed by atoms with E-state index >= 15 is 0 Å². The van der Waals surface area contributed by atoms with Gasteiger partial charge in [0.05, 0.1) is 4.75 Å². The van der Waals surface area contributed by atoms with Gasteiger partial charge in [0.1, 0.15) is 0 Å². The highest BCUT2D eigenvalue weighted by Crippen LogP contribution is 2.60. The molecule has 0 bridgehead atoms. The summed E-state index contributed by atoms with van der Waals surface area (Å²) in [5.74, 6) is 1.34. The first-order valence-electron chi connectivity index (χ1n) is 5.43. The van der Waals surface area contributed by atoms with Gasteiger partial charge in [0.25, 0.3) is 0 Å². The SMILES string of the molecule is C=CC(S)C1CSSSC1(C(S)C=C)C(S)C=C. The minimum absolute atomic E-state index is 0.0380. The van der Waals surface area contributed by atoms with Crippen LogP contribution in [-0.2, 0) is 0 Å². The fraction of sp³-hybridized carbons (Fsp3) is 0.500. The van der Waals surface area contributed by atoms with Crippen LogP contribution in [0.4, 0.5) is 0 Å². The molecule has 0 aromatic carbocycles. The van der Waals surface area contributed by atoms with Crippen LogP contribution in [0.3, 0.4) is 0 Å². The molecule has 0 aromatic rings. The van der Waals surface area contributed by atoms with E-state index in [1.807, 2.05) is 39.8 Å². The summed E-state index contributed by atoms with van der Waals surface area (Å²) in [5, 5.41) is 0.196. The van der Waals surface area contributed by atoms with Crippen LogP contribution >= 0.6 is 69.3 Å². The lowest BCUT2D eigenvalue weighted by atomic mass is 9.83. The fourth-order valence-corrected chi connectivity index (χ4v) is 9.94. The monoisotopic (exact) mass is 354 g/mol. The summed E-state index contributed by atoms with van der Waals surface area (Å²) in [6.07, 6.45) is 5.67. The van der Waals surface area contributed by atoms with Crippen molar-refractivity contribution in [2.24, 2.45) is 5.92 Å². The van der Waals surface area contributed by atoms with Crippen LogP contribution in [0.1, 0.15) is 0 Å². The molecule has 1 rings (SSSR count). The van der Waals surface area contributed by atoms with Crippen LogP contribution in [0.5, 0.6) is 0 Å². The van der Waals surface area contributed by atoms with Crippen LogP contribution in [-0.4, -0.2) is 26.2 Å². The molecule has 0 nitrogen and oxygen atoms in total. The van der Waals surface area contributed by atoms with Gasteiger partial charge in [-0.05, 0) is 9.83 Å². The van der Waals surface area contributed by atoms with E-state index in [-0.39, 0.29) is 20.5 Å². The van der Waals surface area contributed by atoms with Crippen molar-refractivity contribution in [3.63, 3.8) is 0 Å². The third kappa shape index (κ3) is 3.31. The maximum atomic E-state index is 4.72. The predicted molar refractivity (Wildman–Crippen MR) is 103 cm³/mol. The highest BCUT2D eigenvalue weighted by molar-refractivity contribution is 9.09. The smallest absolute Gasteiger partial charge is 0.0622 e. The molecule has 102 valence electrons. The summed E-state index contributed by atoms with van der Waals surface area (Å²) in [4.78, 5) is 0. The lowest BCUT2D eigenvalue weighted by Crippen LogP contribution is -2.53.